The highest BCUT2D eigenvalue weighted by molar-refractivity contribution is 7.15. The minimum atomic E-state index is -0.204. The number of carbonyl (C=O) groups excluding carboxylic acids is 2. The second-order valence-corrected chi connectivity index (χ2v) is 8.77. The van der Waals surface area contributed by atoms with Gasteiger partial charge in [0.15, 0.2) is 5.13 Å². The van der Waals surface area contributed by atoms with E-state index >= 15 is 0 Å². The summed E-state index contributed by atoms with van der Waals surface area (Å²) in [6.07, 6.45) is 0.420. The molecule has 1 N–H and O–H groups in total. The van der Waals surface area contributed by atoms with Crippen molar-refractivity contribution >= 4 is 28.3 Å². The van der Waals surface area contributed by atoms with Gasteiger partial charge >= 0.3 is 0 Å². The van der Waals surface area contributed by atoms with Crippen LogP contribution in [0.15, 0.2) is 0 Å². The number of thiazole rings is 1. The average molecular weight is 355 g/mol. The van der Waals surface area contributed by atoms with E-state index in [0.717, 1.165) is 17.1 Å². The number of aryl methyl sites for hydroxylation is 2. The van der Waals surface area contributed by atoms with Crippen molar-refractivity contribution in [3.8, 4) is 0 Å². The minimum Gasteiger partial charge on any atom is -0.332 e. The summed E-state index contributed by atoms with van der Waals surface area (Å²) < 4.78 is 0. The third-order valence-electron chi connectivity index (χ3n) is 3.46. The maximum atomic E-state index is 12.5. The van der Waals surface area contributed by atoms with E-state index in [1.807, 2.05) is 53.6 Å². The van der Waals surface area contributed by atoms with Gasteiger partial charge in [-0.15, -0.1) is 11.3 Å². The first kappa shape index (κ1) is 20.6. The number of rotatable bonds is 7. The first-order chi connectivity index (χ1) is 11.0. The first-order valence-electron chi connectivity index (χ1n) is 8.14. The van der Waals surface area contributed by atoms with E-state index in [1.165, 1.54) is 11.3 Å². The molecular weight excluding hydrogens is 324 g/mol. The smallest absolute Gasteiger partial charge is 0.245 e. The van der Waals surface area contributed by atoms with Gasteiger partial charge in [-0.2, -0.15) is 0 Å². The molecule has 2 amide bonds. The van der Waals surface area contributed by atoms with Gasteiger partial charge in [0.2, 0.25) is 11.8 Å². The summed E-state index contributed by atoms with van der Waals surface area (Å²) in [5, 5.41) is 3.39. The lowest BCUT2D eigenvalue weighted by Crippen LogP contribution is -2.42. The van der Waals surface area contributed by atoms with Crippen LogP contribution in [0.3, 0.4) is 0 Å². The van der Waals surface area contributed by atoms with Crippen molar-refractivity contribution in [2.75, 3.05) is 39.0 Å². The Bertz CT molecular complexity index is 556. The lowest BCUT2D eigenvalue weighted by molar-refractivity contribution is -0.136. The predicted octanol–water partition coefficient (Wildman–Crippen LogP) is 2.52. The fourth-order valence-corrected chi connectivity index (χ4v) is 2.87. The molecule has 24 heavy (non-hydrogen) atoms. The molecular formula is C17H30N4O2S. The van der Waals surface area contributed by atoms with Crippen molar-refractivity contribution in [2.45, 2.75) is 41.0 Å². The van der Waals surface area contributed by atoms with Crippen molar-refractivity contribution in [1.29, 1.82) is 0 Å². The third-order valence-corrected chi connectivity index (χ3v) is 4.45. The van der Waals surface area contributed by atoms with E-state index in [4.69, 9.17) is 0 Å². The van der Waals surface area contributed by atoms with Crippen LogP contribution in [0.4, 0.5) is 5.13 Å². The Morgan fingerprint density at radius 2 is 1.79 bits per heavy atom. The Balaban J connectivity index is 2.71. The van der Waals surface area contributed by atoms with Crippen LogP contribution in [0.1, 0.15) is 37.8 Å². The number of nitrogens with zero attached hydrogens (tertiary/aromatic N) is 3. The largest absolute Gasteiger partial charge is 0.332 e. The Hall–Kier alpha value is -1.47. The van der Waals surface area contributed by atoms with Crippen molar-refractivity contribution in [3.05, 3.63) is 10.6 Å². The number of likely N-dealkylation sites (N-methyl/N-ethyl adjacent to an activating group) is 1. The van der Waals surface area contributed by atoms with Crippen molar-refractivity contribution < 1.29 is 9.59 Å². The molecule has 1 aromatic rings. The zero-order chi connectivity index (χ0) is 18.5. The molecule has 0 spiro atoms. The molecule has 6 nitrogen and oxygen atoms in total. The number of hydrogen-bond acceptors (Lipinski definition) is 5. The topological polar surface area (TPSA) is 65.5 Å². The number of hydrogen-bond donors (Lipinski definition) is 1. The van der Waals surface area contributed by atoms with Gasteiger partial charge in [-0.25, -0.2) is 4.98 Å². The summed E-state index contributed by atoms with van der Waals surface area (Å²) in [6.45, 7) is 11.3. The molecule has 0 saturated heterocycles. The van der Waals surface area contributed by atoms with Crippen LogP contribution in [-0.4, -0.2) is 60.3 Å². The summed E-state index contributed by atoms with van der Waals surface area (Å²) >= 11 is 1.45. The minimum absolute atomic E-state index is 0.00556. The molecule has 1 aromatic heterocycles. The average Bonchev–Trinajstić information content (AvgIpc) is 2.70. The highest BCUT2D eigenvalue weighted by Gasteiger charge is 2.23. The third kappa shape index (κ3) is 7.40. The number of anilines is 1. The number of amides is 2. The quantitative estimate of drug-likeness (QED) is 0.817. The Morgan fingerprint density at radius 1 is 1.17 bits per heavy atom. The van der Waals surface area contributed by atoms with Gasteiger partial charge in [-0.05, 0) is 33.4 Å². The molecule has 0 radical (unpaired) electrons. The maximum Gasteiger partial charge on any atom is 0.245 e. The van der Waals surface area contributed by atoms with Gasteiger partial charge in [0, 0.05) is 24.4 Å². The molecule has 0 aliphatic carbocycles. The van der Waals surface area contributed by atoms with E-state index in [1.54, 1.807) is 4.90 Å². The van der Waals surface area contributed by atoms with E-state index in [-0.39, 0.29) is 23.8 Å². The van der Waals surface area contributed by atoms with Crippen LogP contribution in [-0.2, 0) is 9.59 Å². The van der Waals surface area contributed by atoms with Crippen molar-refractivity contribution in [1.82, 2.24) is 14.8 Å². The molecule has 0 bridgehead atoms. The molecule has 0 atom stereocenters. The fraction of sp³-hybridized carbons (Fsp3) is 0.706. The molecule has 0 fully saturated rings. The zero-order valence-electron chi connectivity index (χ0n) is 15.9. The van der Waals surface area contributed by atoms with Gasteiger partial charge in [0.1, 0.15) is 0 Å². The highest BCUT2D eigenvalue weighted by atomic mass is 32.1. The number of carbonyl (C=O) groups is 2. The van der Waals surface area contributed by atoms with E-state index in [9.17, 15) is 9.59 Å². The molecule has 0 aliphatic heterocycles. The highest BCUT2D eigenvalue weighted by Crippen LogP contribution is 2.22. The molecule has 1 heterocycles. The van der Waals surface area contributed by atoms with Crippen LogP contribution in [0.25, 0.3) is 0 Å². The van der Waals surface area contributed by atoms with Gasteiger partial charge in [-0.1, -0.05) is 20.8 Å². The van der Waals surface area contributed by atoms with Crippen LogP contribution < -0.4 is 5.32 Å². The number of aromatic nitrogens is 1. The van der Waals surface area contributed by atoms with Gasteiger partial charge < -0.3 is 15.1 Å². The molecule has 0 unspecified atom stereocenters. The van der Waals surface area contributed by atoms with Crippen LogP contribution in [0, 0.1) is 19.3 Å². The summed E-state index contributed by atoms with van der Waals surface area (Å²) in [6, 6.07) is 0. The normalized spacial score (nSPS) is 11.7. The second kappa shape index (κ2) is 8.58. The fourth-order valence-electron chi connectivity index (χ4n) is 2.04. The molecule has 7 heteroatoms. The van der Waals surface area contributed by atoms with Crippen LogP contribution >= 0.6 is 11.3 Å². The SMILES string of the molecule is Cc1nc(NC(=O)CN(CCN(C)C)C(=O)CC(C)(C)C)sc1C. The summed E-state index contributed by atoms with van der Waals surface area (Å²) in [7, 11) is 3.90. The van der Waals surface area contributed by atoms with Crippen molar-refractivity contribution in [3.63, 3.8) is 0 Å². The summed E-state index contributed by atoms with van der Waals surface area (Å²) in [5.41, 5.74) is 0.816. The number of nitrogens with one attached hydrogen (secondary N) is 1. The monoisotopic (exact) mass is 354 g/mol. The van der Waals surface area contributed by atoms with Crippen molar-refractivity contribution in [2.24, 2.45) is 5.41 Å². The summed E-state index contributed by atoms with van der Waals surface area (Å²) in [5.74, 6) is -0.198. The van der Waals surface area contributed by atoms with Crippen LogP contribution in [0.5, 0.6) is 0 Å². The predicted molar refractivity (Wildman–Crippen MR) is 99.4 cm³/mol. The summed E-state index contributed by atoms with van der Waals surface area (Å²) in [4.78, 5) is 33.9. The molecule has 136 valence electrons. The molecule has 0 aromatic carbocycles. The van der Waals surface area contributed by atoms with Gasteiger partial charge in [0.05, 0.1) is 12.2 Å². The van der Waals surface area contributed by atoms with Gasteiger partial charge in [0.25, 0.3) is 0 Å². The zero-order valence-corrected chi connectivity index (χ0v) is 16.7. The second-order valence-electron chi connectivity index (χ2n) is 7.56. The van der Waals surface area contributed by atoms with Crippen LogP contribution in [0.2, 0.25) is 0 Å². The lowest BCUT2D eigenvalue weighted by atomic mass is 9.91. The molecule has 0 saturated carbocycles. The molecule has 1 rings (SSSR count). The Kier molecular flexibility index (Phi) is 7.35. The molecule has 0 aliphatic rings. The van der Waals surface area contributed by atoms with E-state index in [0.29, 0.717) is 18.1 Å². The van der Waals surface area contributed by atoms with E-state index in [2.05, 4.69) is 10.3 Å². The lowest BCUT2D eigenvalue weighted by Gasteiger charge is -2.27. The first-order valence-corrected chi connectivity index (χ1v) is 8.96. The van der Waals surface area contributed by atoms with E-state index < -0.39 is 0 Å². The Labute approximate surface area is 149 Å². The maximum absolute atomic E-state index is 12.5. The van der Waals surface area contributed by atoms with Gasteiger partial charge in [-0.3, -0.25) is 9.59 Å². The standard InChI is InChI=1S/C17H30N4O2S/c1-12-13(2)24-16(18-12)19-14(22)11-21(9-8-20(6)7)15(23)10-17(3,4)5/h8-11H2,1-7H3,(H,18,19,22). The Morgan fingerprint density at radius 3 is 2.25 bits per heavy atom.